The number of benzene rings is 2. The van der Waals surface area contributed by atoms with E-state index < -0.39 is 17.6 Å². The molecule has 1 aliphatic heterocycles. The molecule has 0 saturated carbocycles. The maximum absolute atomic E-state index is 13.3. The molecule has 0 unspecified atom stereocenters. The van der Waals surface area contributed by atoms with E-state index in [4.69, 9.17) is 5.11 Å². The highest BCUT2D eigenvalue weighted by Crippen LogP contribution is 2.23. The predicted octanol–water partition coefficient (Wildman–Crippen LogP) is 4.12. The van der Waals surface area contributed by atoms with E-state index in [-0.39, 0.29) is 0 Å². The standard InChI is InChI=1S/C20H21F2NO2/c21-18-6-3-16(12-19(18)22)11-14-7-9-23(10-8-14)13-15-1-4-17(5-2-15)20(24)25/h1-6,12,14H,7-11,13H2,(H,24,25). The molecule has 25 heavy (non-hydrogen) atoms. The number of likely N-dealkylation sites (tertiary alicyclic amines) is 1. The third kappa shape index (κ3) is 4.63. The number of carbonyl (C=O) groups is 1. The van der Waals surface area contributed by atoms with E-state index in [1.807, 2.05) is 12.1 Å². The van der Waals surface area contributed by atoms with Gasteiger partial charge in [-0.3, -0.25) is 4.90 Å². The normalized spacial score (nSPS) is 16.1. The van der Waals surface area contributed by atoms with Crippen molar-refractivity contribution in [2.75, 3.05) is 13.1 Å². The molecule has 0 atom stereocenters. The van der Waals surface area contributed by atoms with Crippen molar-refractivity contribution < 1.29 is 18.7 Å². The van der Waals surface area contributed by atoms with E-state index >= 15 is 0 Å². The van der Waals surface area contributed by atoms with Gasteiger partial charge in [0.1, 0.15) is 0 Å². The van der Waals surface area contributed by atoms with Crippen LogP contribution in [0, 0.1) is 17.6 Å². The Hall–Kier alpha value is -2.27. The summed E-state index contributed by atoms with van der Waals surface area (Å²) in [6.45, 7) is 2.71. The Morgan fingerprint density at radius 2 is 1.64 bits per heavy atom. The first-order valence-corrected chi connectivity index (χ1v) is 8.50. The Kier molecular flexibility index (Phi) is 5.43. The van der Waals surface area contributed by atoms with Gasteiger partial charge in [-0.05, 0) is 73.7 Å². The second-order valence-electron chi connectivity index (χ2n) is 6.67. The van der Waals surface area contributed by atoms with Crippen LogP contribution in [0.25, 0.3) is 0 Å². The summed E-state index contributed by atoms with van der Waals surface area (Å²) in [5, 5.41) is 8.93. The number of rotatable bonds is 5. The molecule has 0 aliphatic carbocycles. The zero-order valence-corrected chi connectivity index (χ0v) is 13.9. The Morgan fingerprint density at radius 1 is 1.00 bits per heavy atom. The third-order valence-corrected chi connectivity index (χ3v) is 4.82. The first-order valence-electron chi connectivity index (χ1n) is 8.50. The minimum absolute atomic E-state index is 0.300. The largest absolute Gasteiger partial charge is 0.478 e. The van der Waals surface area contributed by atoms with Gasteiger partial charge in [0.25, 0.3) is 0 Å². The summed E-state index contributed by atoms with van der Waals surface area (Å²) in [6.07, 6.45) is 2.82. The van der Waals surface area contributed by atoms with Gasteiger partial charge in [0.2, 0.25) is 0 Å². The van der Waals surface area contributed by atoms with E-state index in [1.54, 1.807) is 18.2 Å². The minimum atomic E-state index is -0.912. The molecule has 0 radical (unpaired) electrons. The second-order valence-corrected chi connectivity index (χ2v) is 6.67. The number of halogens is 2. The molecule has 0 amide bonds. The summed E-state index contributed by atoms with van der Waals surface area (Å²) in [7, 11) is 0. The molecular formula is C20H21F2NO2. The number of aromatic carboxylic acids is 1. The topological polar surface area (TPSA) is 40.5 Å². The van der Waals surface area contributed by atoms with Crippen LogP contribution < -0.4 is 0 Å². The smallest absolute Gasteiger partial charge is 0.335 e. The zero-order chi connectivity index (χ0) is 17.8. The monoisotopic (exact) mass is 345 g/mol. The van der Waals surface area contributed by atoms with Crippen LogP contribution in [0.2, 0.25) is 0 Å². The fraction of sp³-hybridized carbons (Fsp3) is 0.350. The molecular weight excluding hydrogens is 324 g/mol. The maximum Gasteiger partial charge on any atom is 0.335 e. The summed E-state index contributed by atoms with van der Waals surface area (Å²) < 4.78 is 26.3. The highest BCUT2D eigenvalue weighted by Gasteiger charge is 2.20. The van der Waals surface area contributed by atoms with Crippen molar-refractivity contribution in [1.82, 2.24) is 4.90 Å². The Balaban J connectivity index is 1.49. The van der Waals surface area contributed by atoms with Crippen molar-refractivity contribution in [3.05, 3.63) is 70.8 Å². The molecule has 5 heteroatoms. The number of hydrogen-bond donors (Lipinski definition) is 1. The van der Waals surface area contributed by atoms with Crippen molar-refractivity contribution >= 4 is 5.97 Å². The van der Waals surface area contributed by atoms with E-state index in [1.165, 1.54) is 12.1 Å². The van der Waals surface area contributed by atoms with Crippen molar-refractivity contribution in [3.8, 4) is 0 Å². The van der Waals surface area contributed by atoms with E-state index in [0.717, 1.165) is 50.0 Å². The Bertz CT molecular complexity index is 738. The molecule has 3 nitrogen and oxygen atoms in total. The second kappa shape index (κ2) is 7.74. The van der Waals surface area contributed by atoms with Crippen LogP contribution >= 0.6 is 0 Å². The van der Waals surface area contributed by atoms with Crippen LogP contribution in [-0.4, -0.2) is 29.1 Å². The van der Waals surface area contributed by atoms with E-state index in [9.17, 15) is 13.6 Å². The molecule has 2 aromatic rings. The van der Waals surface area contributed by atoms with Gasteiger partial charge in [0, 0.05) is 6.54 Å². The highest BCUT2D eigenvalue weighted by molar-refractivity contribution is 5.87. The Labute approximate surface area is 145 Å². The maximum atomic E-state index is 13.3. The van der Waals surface area contributed by atoms with Crippen molar-refractivity contribution in [3.63, 3.8) is 0 Å². The lowest BCUT2D eigenvalue weighted by molar-refractivity contribution is 0.0697. The quantitative estimate of drug-likeness (QED) is 0.886. The summed E-state index contributed by atoms with van der Waals surface area (Å²) in [5.74, 6) is -2.01. The fourth-order valence-corrected chi connectivity index (χ4v) is 3.36. The number of carboxylic acid groups (broad SMARTS) is 1. The molecule has 3 rings (SSSR count). The van der Waals surface area contributed by atoms with Gasteiger partial charge in [0.15, 0.2) is 11.6 Å². The van der Waals surface area contributed by atoms with Crippen molar-refractivity contribution in [2.45, 2.75) is 25.8 Å². The Morgan fingerprint density at radius 3 is 2.24 bits per heavy atom. The van der Waals surface area contributed by atoms with Crippen LogP contribution in [0.5, 0.6) is 0 Å². The first-order chi connectivity index (χ1) is 12.0. The molecule has 1 heterocycles. The molecule has 1 fully saturated rings. The number of piperidine rings is 1. The summed E-state index contributed by atoms with van der Waals surface area (Å²) >= 11 is 0. The van der Waals surface area contributed by atoms with E-state index in [0.29, 0.717) is 11.5 Å². The molecule has 132 valence electrons. The van der Waals surface area contributed by atoms with Crippen LogP contribution in [0.4, 0.5) is 8.78 Å². The van der Waals surface area contributed by atoms with E-state index in [2.05, 4.69) is 4.90 Å². The number of carboxylic acids is 1. The molecule has 2 aromatic carbocycles. The van der Waals surface area contributed by atoms with Gasteiger partial charge in [0.05, 0.1) is 5.56 Å². The third-order valence-electron chi connectivity index (χ3n) is 4.82. The fourth-order valence-electron chi connectivity index (χ4n) is 3.36. The molecule has 0 aromatic heterocycles. The lowest BCUT2D eigenvalue weighted by Crippen LogP contribution is -2.33. The lowest BCUT2D eigenvalue weighted by atomic mass is 9.90. The van der Waals surface area contributed by atoms with Gasteiger partial charge in [-0.1, -0.05) is 18.2 Å². The summed E-state index contributed by atoms with van der Waals surface area (Å²) in [6, 6.07) is 11.1. The molecule has 0 bridgehead atoms. The number of hydrogen-bond acceptors (Lipinski definition) is 2. The average molecular weight is 345 g/mol. The highest BCUT2D eigenvalue weighted by atomic mass is 19.2. The SMILES string of the molecule is O=C(O)c1ccc(CN2CCC(Cc3ccc(F)c(F)c3)CC2)cc1. The molecule has 1 saturated heterocycles. The minimum Gasteiger partial charge on any atom is -0.478 e. The van der Waals surface area contributed by atoms with Gasteiger partial charge in [-0.25, -0.2) is 13.6 Å². The molecule has 1 N–H and O–H groups in total. The zero-order valence-electron chi connectivity index (χ0n) is 13.9. The van der Waals surface area contributed by atoms with Crippen LogP contribution in [0.15, 0.2) is 42.5 Å². The summed E-state index contributed by atoms with van der Waals surface area (Å²) in [4.78, 5) is 13.2. The average Bonchev–Trinajstić information content (AvgIpc) is 2.60. The van der Waals surface area contributed by atoms with Crippen molar-refractivity contribution in [2.24, 2.45) is 5.92 Å². The molecule has 0 spiro atoms. The van der Waals surface area contributed by atoms with Crippen LogP contribution in [-0.2, 0) is 13.0 Å². The van der Waals surface area contributed by atoms with Crippen LogP contribution in [0.3, 0.4) is 0 Å². The lowest BCUT2D eigenvalue weighted by Gasteiger charge is -2.32. The summed E-state index contributed by atoms with van der Waals surface area (Å²) in [5.41, 5.74) is 2.25. The van der Waals surface area contributed by atoms with Crippen LogP contribution in [0.1, 0.15) is 34.3 Å². The van der Waals surface area contributed by atoms with Gasteiger partial charge >= 0.3 is 5.97 Å². The van der Waals surface area contributed by atoms with Gasteiger partial charge < -0.3 is 5.11 Å². The molecule has 1 aliphatic rings. The van der Waals surface area contributed by atoms with Gasteiger partial charge in [-0.2, -0.15) is 0 Å². The predicted molar refractivity (Wildman–Crippen MR) is 91.5 cm³/mol. The first kappa shape index (κ1) is 17.5. The van der Waals surface area contributed by atoms with Crippen molar-refractivity contribution in [1.29, 1.82) is 0 Å². The van der Waals surface area contributed by atoms with Gasteiger partial charge in [-0.15, -0.1) is 0 Å². The number of nitrogens with zero attached hydrogens (tertiary/aromatic N) is 1.